The van der Waals surface area contributed by atoms with Crippen molar-refractivity contribution in [1.82, 2.24) is 10.2 Å². The molecule has 2 rings (SSSR count). The number of ether oxygens (including phenoxy) is 1. The van der Waals surface area contributed by atoms with E-state index in [1.54, 1.807) is 4.90 Å². The van der Waals surface area contributed by atoms with Crippen molar-refractivity contribution in [3.05, 3.63) is 29.8 Å². The van der Waals surface area contributed by atoms with E-state index in [4.69, 9.17) is 10.5 Å². The van der Waals surface area contributed by atoms with Gasteiger partial charge in [0.1, 0.15) is 5.75 Å². The average molecular weight is 305 g/mol. The lowest BCUT2D eigenvalue weighted by Gasteiger charge is -2.16. The van der Waals surface area contributed by atoms with E-state index in [9.17, 15) is 9.59 Å². The van der Waals surface area contributed by atoms with Crippen molar-refractivity contribution in [2.24, 2.45) is 11.7 Å². The monoisotopic (exact) mass is 305 g/mol. The highest BCUT2D eigenvalue weighted by molar-refractivity contribution is 5.80. The molecule has 3 N–H and O–H groups in total. The van der Waals surface area contributed by atoms with Crippen LogP contribution in [-0.4, -0.2) is 43.1 Å². The SMILES string of the molecule is Cc1cccc(OCCCNC(=O)N2CCC(C(N)=O)C2)c1. The number of urea groups is 1. The van der Waals surface area contributed by atoms with Gasteiger partial charge in [-0.25, -0.2) is 4.79 Å². The van der Waals surface area contributed by atoms with Crippen LogP contribution in [0.5, 0.6) is 5.75 Å². The largest absolute Gasteiger partial charge is 0.494 e. The lowest BCUT2D eigenvalue weighted by molar-refractivity contribution is -0.121. The van der Waals surface area contributed by atoms with E-state index in [1.807, 2.05) is 31.2 Å². The normalized spacial score (nSPS) is 17.3. The number of rotatable bonds is 6. The van der Waals surface area contributed by atoms with Crippen molar-refractivity contribution < 1.29 is 14.3 Å². The first-order chi connectivity index (χ1) is 10.6. The summed E-state index contributed by atoms with van der Waals surface area (Å²) in [6, 6.07) is 7.73. The zero-order valence-corrected chi connectivity index (χ0v) is 12.9. The molecule has 1 saturated heterocycles. The molecule has 3 amide bonds. The molecule has 1 atom stereocenters. The molecule has 1 unspecified atom stereocenters. The van der Waals surface area contributed by atoms with Crippen LogP contribution in [-0.2, 0) is 4.79 Å². The minimum atomic E-state index is -0.332. The first-order valence-electron chi connectivity index (χ1n) is 7.58. The third-order valence-corrected chi connectivity index (χ3v) is 3.73. The lowest BCUT2D eigenvalue weighted by Crippen LogP contribution is -2.40. The van der Waals surface area contributed by atoms with Crippen molar-refractivity contribution in [3.63, 3.8) is 0 Å². The fourth-order valence-electron chi connectivity index (χ4n) is 2.45. The van der Waals surface area contributed by atoms with Crippen LogP contribution >= 0.6 is 0 Å². The summed E-state index contributed by atoms with van der Waals surface area (Å²) in [5.74, 6) is 0.299. The maximum atomic E-state index is 11.9. The van der Waals surface area contributed by atoms with Gasteiger partial charge >= 0.3 is 6.03 Å². The van der Waals surface area contributed by atoms with Gasteiger partial charge in [-0.05, 0) is 37.5 Å². The van der Waals surface area contributed by atoms with Gasteiger partial charge in [0.2, 0.25) is 5.91 Å². The average Bonchev–Trinajstić information content (AvgIpc) is 2.97. The number of carbonyl (C=O) groups excluding carboxylic acids is 2. The molecule has 1 aliphatic heterocycles. The van der Waals surface area contributed by atoms with Crippen LogP contribution in [0.25, 0.3) is 0 Å². The molecule has 1 aromatic carbocycles. The Kier molecular flexibility index (Phi) is 5.63. The first-order valence-corrected chi connectivity index (χ1v) is 7.58. The zero-order valence-electron chi connectivity index (χ0n) is 12.9. The smallest absolute Gasteiger partial charge is 0.317 e. The van der Waals surface area contributed by atoms with Crippen LogP contribution in [0.15, 0.2) is 24.3 Å². The number of hydrogen-bond acceptors (Lipinski definition) is 3. The summed E-state index contributed by atoms with van der Waals surface area (Å²) in [6.45, 7) is 4.11. The van der Waals surface area contributed by atoms with Gasteiger partial charge < -0.3 is 20.7 Å². The van der Waals surface area contributed by atoms with E-state index in [-0.39, 0.29) is 17.9 Å². The van der Waals surface area contributed by atoms with Crippen molar-refractivity contribution in [3.8, 4) is 5.75 Å². The molecular formula is C16H23N3O3. The highest BCUT2D eigenvalue weighted by atomic mass is 16.5. The van der Waals surface area contributed by atoms with Gasteiger partial charge in [-0.1, -0.05) is 12.1 Å². The molecule has 6 nitrogen and oxygen atoms in total. The van der Waals surface area contributed by atoms with Crippen LogP contribution in [0.1, 0.15) is 18.4 Å². The van der Waals surface area contributed by atoms with Crippen LogP contribution < -0.4 is 15.8 Å². The second-order valence-corrected chi connectivity index (χ2v) is 5.58. The predicted molar refractivity (Wildman–Crippen MR) is 83.6 cm³/mol. The molecular weight excluding hydrogens is 282 g/mol. The Morgan fingerprint density at radius 1 is 1.45 bits per heavy atom. The van der Waals surface area contributed by atoms with Crippen LogP contribution in [0, 0.1) is 12.8 Å². The second-order valence-electron chi connectivity index (χ2n) is 5.58. The van der Waals surface area contributed by atoms with E-state index in [2.05, 4.69) is 5.32 Å². The number of primary amides is 1. The van der Waals surface area contributed by atoms with E-state index in [0.717, 1.165) is 17.7 Å². The minimum Gasteiger partial charge on any atom is -0.494 e. The molecule has 0 saturated carbocycles. The number of likely N-dealkylation sites (tertiary alicyclic amines) is 1. The standard InChI is InChI=1S/C16H23N3O3/c1-12-4-2-5-14(10-12)22-9-3-7-18-16(21)19-8-6-13(11-19)15(17)20/h2,4-5,10,13H,3,6-9,11H2,1H3,(H2,17,20)(H,18,21). The summed E-state index contributed by atoms with van der Waals surface area (Å²) < 4.78 is 5.62. The van der Waals surface area contributed by atoms with Crippen molar-refractivity contribution >= 4 is 11.9 Å². The van der Waals surface area contributed by atoms with Crippen LogP contribution in [0.3, 0.4) is 0 Å². The number of nitrogens with two attached hydrogens (primary N) is 1. The number of carbonyl (C=O) groups is 2. The fraction of sp³-hybridized carbons (Fsp3) is 0.500. The highest BCUT2D eigenvalue weighted by Crippen LogP contribution is 2.15. The van der Waals surface area contributed by atoms with Gasteiger partial charge in [0.05, 0.1) is 12.5 Å². The maximum absolute atomic E-state index is 11.9. The molecule has 0 radical (unpaired) electrons. The summed E-state index contributed by atoms with van der Waals surface area (Å²) in [5.41, 5.74) is 6.41. The van der Waals surface area contributed by atoms with E-state index >= 15 is 0 Å². The summed E-state index contributed by atoms with van der Waals surface area (Å²) in [7, 11) is 0. The summed E-state index contributed by atoms with van der Waals surface area (Å²) in [6.07, 6.45) is 1.38. The summed E-state index contributed by atoms with van der Waals surface area (Å²) in [5, 5.41) is 2.84. The molecule has 1 aliphatic rings. The lowest BCUT2D eigenvalue weighted by atomic mass is 10.1. The Hall–Kier alpha value is -2.24. The maximum Gasteiger partial charge on any atom is 0.317 e. The fourth-order valence-corrected chi connectivity index (χ4v) is 2.45. The van der Waals surface area contributed by atoms with Gasteiger partial charge in [0, 0.05) is 19.6 Å². The molecule has 0 aromatic heterocycles. The minimum absolute atomic E-state index is 0.140. The van der Waals surface area contributed by atoms with Gasteiger partial charge in [-0.3, -0.25) is 4.79 Å². The third-order valence-electron chi connectivity index (χ3n) is 3.73. The molecule has 0 bridgehead atoms. The summed E-state index contributed by atoms with van der Waals surface area (Å²) in [4.78, 5) is 24.6. The highest BCUT2D eigenvalue weighted by Gasteiger charge is 2.29. The van der Waals surface area contributed by atoms with Crippen LogP contribution in [0.2, 0.25) is 0 Å². The van der Waals surface area contributed by atoms with Gasteiger partial charge in [-0.2, -0.15) is 0 Å². The molecule has 120 valence electrons. The number of aryl methyl sites for hydroxylation is 1. The van der Waals surface area contributed by atoms with Crippen molar-refractivity contribution in [1.29, 1.82) is 0 Å². The van der Waals surface area contributed by atoms with Crippen molar-refractivity contribution in [2.45, 2.75) is 19.8 Å². The van der Waals surface area contributed by atoms with Gasteiger partial charge in [0.15, 0.2) is 0 Å². The van der Waals surface area contributed by atoms with E-state index < -0.39 is 0 Å². The molecule has 1 fully saturated rings. The van der Waals surface area contributed by atoms with E-state index in [1.165, 1.54) is 0 Å². The molecule has 0 spiro atoms. The molecule has 22 heavy (non-hydrogen) atoms. The molecule has 1 aromatic rings. The Balaban J connectivity index is 1.61. The molecule has 6 heteroatoms. The predicted octanol–water partition coefficient (Wildman–Crippen LogP) is 1.28. The number of nitrogens with one attached hydrogen (secondary N) is 1. The van der Waals surface area contributed by atoms with Gasteiger partial charge in [0.25, 0.3) is 0 Å². The second kappa shape index (κ2) is 7.68. The van der Waals surface area contributed by atoms with Crippen molar-refractivity contribution in [2.75, 3.05) is 26.2 Å². The Labute approximate surface area is 130 Å². The number of benzene rings is 1. The number of amides is 3. The third kappa shape index (κ3) is 4.65. The zero-order chi connectivity index (χ0) is 15.9. The Bertz CT molecular complexity index is 533. The summed E-state index contributed by atoms with van der Waals surface area (Å²) >= 11 is 0. The Morgan fingerprint density at radius 3 is 2.95 bits per heavy atom. The topological polar surface area (TPSA) is 84.7 Å². The molecule has 1 heterocycles. The van der Waals surface area contributed by atoms with Gasteiger partial charge in [-0.15, -0.1) is 0 Å². The van der Waals surface area contributed by atoms with Crippen LogP contribution in [0.4, 0.5) is 4.79 Å². The Morgan fingerprint density at radius 2 is 2.27 bits per heavy atom. The molecule has 0 aliphatic carbocycles. The quantitative estimate of drug-likeness (QED) is 0.776. The first kappa shape index (κ1) is 16.1. The number of hydrogen-bond donors (Lipinski definition) is 2. The van der Waals surface area contributed by atoms with E-state index in [0.29, 0.717) is 32.7 Å². The number of nitrogens with zero attached hydrogens (tertiary/aromatic N) is 1.